The summed E-state index contributed by atoms with van der Waals surface area (Å²) < 4.78 is 14.0. The molecule has 0 radical (unpaired) electrons. The maximum atomic E-state index is 10.2. The lowest BCUT2D eigenvalue weighted by Gasteiger charge is -2.21. The average Bonchev–Trinajstić information content (AvgIpc) is 2.10. The highest BCUT2D eigenvalue weighted by molar-refractivity contribution is 7.46. The van der Waals surface area contributed by atoms with Gasteiger partial charge in [-0.25, -0.2) is 4.57 Å². The highest BCUT2D eigenvalue weighted by Crippen LogP contribution is 2.35. The summed E-state index contributed by atoms with van der Waals surface area (Å²) >= 11 is 0. The van der Waals surface area contributed by atoms with Gasteiger partial charge in [0.15, 0.2) is 0 Å². The number of hydrogen-bond donors (Lipinski definition) is 6. The van der Waals surface area contributed by atoms with Crippen molar-refractivity contribution in [1.82, 2.24) is 0 Å². The maximum Gasteiger partial charge on any atom is 0.469 e. The molecule has 86 valence electrons. The van der Waals surface area contributed by atoms with Crippen molar-refractivity contribution in [2.75, 3.05) is 13.2 Å². The second-order valence-corrected chi connectivity index (χ2v) is 3.83. The molecule has 0 saturated carbocycles. The molecule has 0 aliphatic carbocycles. The number of hydrogen-bond acceptors (Lipinski definition) is 6. The Bertz CT molecular complexity index is 202. The van der Waals surface area contributed by atoms with Gasteiger partial charge in [-0.05, 0) is 0 Å². The van der Waals surface area contributed by atoms with Crippen molar-refractivity contribution in [3.05, 3.63) is 0 Å². The second-order valence-electron chi connectivity index (χ2n) is 2.59. The molecule has 0 spiro atoms. The highest BCUT2D eigenvalue weighted by atomic mass is 31.2. The van der Waals surface area contributed by atoms with Gasteiger partial charge in [-0.1, -0.05) is 0 Å². The Morgan fingerprint density at radius 3 is 2.00 bits per heavy atom. The summed E-state index contributed by atoms with van der Waals surface area (Å²) in [6.45, 7) is -1.63. The molecule has 0 amide bonds. The number of aliphatic hydroxyl groups is 4. The standard InChI is InChI=1S/C5H13O8P/c6-1-3(7)5(9)4(8)2-13-14(10,11)12/h3-9H,1-2H2,(H2,10,11,12)/t3?,4-,5+/m1/s1. The first-order chi connectivity index (χ1) is 6.28. The number of phosphoric ester groups is 1. The summed E-state index contributed by atoms with van der Waals surface area (Å²) in [5.41, 5.74) is 0. The van der Waals surface area contributed by atoms with Gasteiger partial charge in [0.2, 0.25) is 0 Å². The molecule has 0 rings (SSSR count). The minimum absolute atomic E-state index is 0.784. The lowest BCUT2D eigenvalue weighted by Crippen LogP contribution is -2.41. The predicted molar refractivity (Wildman–Crippen MR) is 43.1 cm³/mol. The van der Waals surface area contributed by atoms with Crippen LogP contribution < -0.4 is 0 Å². The van der Waals surface area contributed by atoms with Crippen LogP contribution in [0.2, 0.25) is 0 Å². The average molecular weight is 232 g/mol. The Hall–Kier alpha value is -0.0500. The third-order valence-electron chi connectivity index (χ3n) is 1.39. The van der Waals surface area contributed by atoms with Crippen LogP contribution in [0.4, 0.5) is 0 Å². The summed E-state index contributed by atoms with van der Waals surface area (Å²) in [5.74, 6) is 0. The molecule has 0 saturated heterocycles. The van der Waals surface area contributed by atoms with E-state index < -0.39 is 39.3 Å². The second kappa shape index (κ2) is 5.74. The van der Waals surface area contributed by atoms with Gasteiger partial charge in [0, 0.05) is 0 Å². The van der Waals surface area contributed by atoms with Crippen molar-refractivity contribution in [3.8, 4) is 0 Å². The van der Waals surface area contributed by atoms with Crippen LogP contribution in [0.5, 0.6) is 0 Å². The maximum absolute atomic E-state index is 10.2. The van der Waals surface area contributed by atoms with Crippen LogP contribution in [-0.4, -0.2) is 61.7 Å². The van der Waals surface area contributed by atoms with Crippen molar-refractivity contribution in [1.29, 1.82) is 0 Å². The molecule has 0 aliphatic rings. The normalized spacial score (nSPS) is 19.0. The lowest BCUT2D eigenvalue weighted by atomic mass is 10.1. The van der Waals surface area contributed by atoms with Crippen LogP contribution in [0, 0.1) is 0 Å². The van der Waals surface area contributed by atoms with Crippen molar-refractivity contribution in [3.63, 3.8) is 0 Å². The topological polar surface area (TPSA) is 148 Å². The summed E-state index contributed by atoms with van der Waals surface area (Å²) in [6.07, 6.45) is -5.01. The molecule has 0 aromatic rings. The molecule has 6 N–H and O–H groups in total. The number of aliphatic hydroxyl groups excluding tert-OH is 4. The monoisotopic (exact) mass is 232 g/mol. The first-order valence-corrected chi connectivity index (χ1v) is 5.16. The fourth-order valence-electron chi connectivity index (χ4n) is 0.636. The van der Waals surface area contributed by atoms with Crippen molar-refractivity contribution < 1.29 is 39.3 Å². The van der Waals surface area contributed by atoms with Gasteiger partial charge in [-0.15, -0.1) is 0 Å². The van der Waals surface area contributed by atoms with E-state index in [-0.39, 0.29) is 0 Å². The van der Waals surface area contributed by atoms with Crippen molar-refractivity contribution in [2.24, 2.45) is 0 Å². The van der Waals surface area contributed by atoms with E-state index in [0.717, 1.165) is 0 Å². The van der Waals surface area contributed by atoms with Gasteiger partial charge in [-0.2, -0.15) is 0 Å². The van der Waals surface area contributed by atoms with Gasteiger partial charge in [0.25, 0.3) is 0 Å². The van der Waals surface area contributed by atoms with Crippen LogP contribution in [0.1, 0.15) is 0 Å². The Labute approximate surface area is 79.6 Å². The van der Waals surface area contributed by atoms with E-state index in [1.54, 1.807) is 0 Å². The quantitative estimate of drug-likeness (QED) is 0.268. The Morgan fingerprint density at radius 1 is 1.14 bits per heavy atom. The minimum Gasteiger partial charge on any atom is -0.394 e. The molecular weight excluding hydrogens is 219 g/mol. The molecule has 0 fully saturated rings. The van der Waals surface area contributed by atoms with E-state index in [1.165, 1.54) is 0 Å². The van der Waals surface area contributed by atoms with Gasteiger partial charge in [0.05, 0.1) is 13.2 Å². The van der Waals surface area contributed by atoms with E-state index in [9.17, 15) is 4.57 Å². The molecule has 0 aromatic carbocycles. The zero-order valence-electron chi connectivity index (χ0n) is 7.09. The van der Waals surface area contributed by atoms with E-state index in [1.807, 2.05) is 0 Å². The molecule has 1 unspecified atom stereocenters. The summed E-state index contributed by atoms with van der Waals surface area (Å²) in [7, 11) is -4.71. The van der Waals surface area contributed by atoms with Crippen molar-refractivity contribution >= 4 is 7.82 Å². The van der Waals surface area contributed by atoms with E-state index in [0.29, 0.717) is 0 Å². The Balaban J connectivity index is 3.96. The van der Waals surface area contributed by atoms with Gasteiger partial charge in [0.1, 0.15) is 18.3 Å². The smallest absolute Gasteiger partial charge is 0.394 e. The van der Waals surface area contributed by atoms with Crippen LogP contribution >= 0.6 is 7.82 Å². The molecule has 0 aliphatic heterocycles. The van der Waals surface area contributed by atoms with Gasteiger partial charge < -0.3 is 30.2 Å². The summed E-state index contributed by atoms with van der Waals surface area (Å²) in [6, 6.07) is 0. The van der Waals surface area contributed by atoms with Crippen LogP contribution in [-0.2, 0) is 9.09 Å². The number of rotatable bonds is 6. The number of phosphoric acid groups is 1. The zero-order chi connectivity index (χ0) is 11.4. The van der Waals surface area contributed by atoms with E-state index >= 15 is 0 Å². The first-order valence-electron chi connectivity index (χ1n) is 3.63. The Morgan fingerprint density at radius 2 is 1.64 bits per heavy atom. The lowest BCUT2D eigenvalue weighted by molar-refractivity contribution is -0.0891. The summed E-state index contributed by atoms with van der Waals surface area (Å²) in [5, 5.41) is 35.2. The molecule has 0 aromatic heterocycles. The fourth-order valence-corrected chi connectivity index (χ4v) is 0.983. The summed E-state index contributed by atoms with van der Waals surface area (Å²) in [4.78, 5) is 16.5. The van der Waals surface area contributed by atoms with E-state index in [2.05, 4.69) is 4.52 Å². The zero-order valence-corrected chi connectivity index (χ0v) is 7.99. The molecule has 9 heteroatoms. The molecule has 0 heterocycles. The van der Waals surface area contributed by atoms with Gasteiger partial charge in [-0.3, -0.25) is 4.52 Å². The largest absolute Gasteiger partial charge is 0.469 e. The van der Waals surface area contributed by atoms with Crippen LogP contribution in [0.15, 0.2) is 0 Å². The molecular formula is C5H13O8P. The van der Waals surface area contributed by atoms with E-state index in [4.69, 9.17) is 30.2 Å². The Kier molecular flexibility index (Phi) is 5.72. The predicted octanol–water partition coefficient (Wildman–Crippen LogP) is -2.83. The first kappa shape index (κ1) is 13.9. The van der Waals surface area contributed by atoms with Gasteiger partial charge >= 0.3 is 7.82 Å². The van der Waals surface area contributed by atoms with Crippen molar-refractivity contribution in [2.45, 2.75) is 18.3 Å². The molecule has 3 atom stereocenters. The molecule has 14 heavy (non-hydrogen) atoms. The fraction of sp³-hybridized carbons (Fsp3) is 1.00. The third-order valence-corrected chi connectivity index (χ3v) is 1.87. The SMILES string of the molecule is O=P(O)(O)OC[C@@H](O)[C@@H](O)C(O)CO. The minimum atomic E-state index is -4.71. The highest BCUT2D eigenvalue weighted by Gasteiger charge is 2.26. The van der Waals surface area contributed by atoms with Crippen LogP contribution in [0.25, 0.3) is 0 Å². The molecule has 0 bridgehead atoms. The third kappa shape index (κ3) is 5.63. The van der Waals surface area contributed by atoms with Crippen LogP contribution in [0.3, 0.4) is 0 Å². The molecule has 8 nitrogen and oxygen atoms in total.